The minimum atomic E-state index is -1.14. The number of pyridine rings is 1. The van der Waals surface area contributed by atoms with Crippen LogP contribution in [0, 0.1) is 0 Å². The number of ether oxygens (including phenoxy) is 1. The van der Waals surface area contributed by atoms with Gasteiger partial charge in [-0.15, -0.1) is 0 Å². The molecule has 32 heavy (non-hydrogen) atoms. The maximum atomic E-state index is 13.0. The number of alkyl carbamates (subject to hydrolysis) is 1. The molecule has 0 aliphatic carbocycles. The molecule has 1 aromatic rings. The smallest absolute Gasteiger partial charge is 0.408 e. The van der Waals surface area contributed by atoms with E-state index in [2.05, 4.69) is 22.8 Å². The van der Waals surface area contributed by atoms with Crippen molar-refractivity contribution in [3.05, 3.63) is 23.4 Å². The number of nitrogens with one attached hydrogen (secondary N) is 2. The minimum Gasteiger partial charge on any atom is -0.480 e. The number of hydrogen-bond acceptors (Lipinski definition) is 6. The fourth-order valence-corrected chi connectivity index (χ4v) is 3.62. The molecule has 0 aromatic carbocycles. The molecule has 0 bridgehead atoms. The second kappa shape index (κ2) is 12.6. The van der Waals surface area contributed by atoms with E-state index in [0.717, 1.165) is 50.2 Å². The third-order valence-corrected chi connectivity index (χ3v) is 5.23. The van der Waals surface area contributed by atoms with E-state index in [1.165, 1.54) is 5.56 Å². The number of unbranched alkanes of at least 4 members (excludes halogenated alkanes) is 1. The highest BCUT2D eigenvalue weighted by atomic mass is 19.1. The van der Waals surface area contributed by atoms with Gasteiger partial charge in [-0.25, -0.2) is 19.0 Å². The molecule has 3 N–H and O–H groups in total. The number of aliphatic carboxylic acids is 1. The molecule has 2 heterocycles. The van der Waals surface area contributed by atoms with Gasteiger partial charge in [0.05, 0.1) is 0 Å². The molecule has 180 valence electrons. The molecule has 0 unspecified atom stereocenters. The summed E-state index contributed by atoms with van der Waals surface area (Å²) in [5.41, 5.74) is 1.60. The lowest BCUT2D eigenvalue weighted by atomic mass is 10.1. The SMILES string of the molecule is CC(C)(C)OC(=O)N[C@@H](CCN(CCF)CCCCc1ccc2c(n1)NCCC2)C(=O)O. The highest BCUT2D eigenvalue weighted by Gasteiger charge is 2.24. The molecule has 0 spiro atoms. The van der Waals surface area contributed by atoms with Crippen molar-refractivity contribution in [3.8, 4) is 0 Å². The lowest BCUT2D eigenvalue weighted by molar-refractivity contribution is -0.139. The molecule has 1 amide bonds. The van der Waals surface area contributed by atoms with Gasteiger partial charge < -0.3 is 25.4 Å². The summed E-state index contributed by atoms with van der Waals surface area (Å²) in [7, 11) is 0. The Morgan fingerprint density at radius 3 is 2.75 bits per heavy atom. The largest absolute Gasteiger partial charge is 0.480 e. The van der Waals surface area contributed by atoms with Gasteiger partial charge in [-0.05, 0) is 77.5 Å². The second-order valence-electron chi connectivity index (χ2n) is 9.15. The van der Waals surface area contributed by atoms with Crippen LogP contribution in [-0.2, 0) is 22.4 Å². The average Bonchev–Trinajstić information content (AvgIpc) is 2.72. The van der Waals surface area contributed by atoms with E-state index in [-0.39, 0.29) is 13.0 Å². The molecule has 0 saturated carbocycles. The molecule has 9 heteroatoms. The lowest BCUT2D eigenvalue weighted by Gasteiger charge is -2.25. The first-order valence-corrected chi connectivity index (χ1v) is 11.4. The van der Waals surface area contributed by atoms with E-state index in [1.807, 2.05) is 4.90 Å². The number of carbonyl (C=O) groups excluding carboxylic acids is 1. The number of carbonyl (C=O) groups is 2. The van der Waals surface area contributed by atoms with Crippen molar-refractivity contribution >= 4 is 17.9 Å². The van der Waals surface area contributed by atoms with Gasteiger partial charge in [-0.2, -0.15) is 0 Å². The van der Waals surface area contributed by atoms with Gasteiger partial charge in [0, 0.05) is 25.3 Å². The van der Waals surface area contributed by atoms with Gasteiger partial charge >= 0.3 is 12.1 Å². The first kappa shape index (κ1) is 25.8. The van der Waals surface area contributed by atoms with Crippen LogP contribution in [0.1, 0.15) is 57.7 Å². The Hall–Kier alpha value is -2.42. The van der Waals surface area contributed by atoms with E-state index in [0.29, 0.717) is 13.1 Å². The topological polar surface area (TPSA) is 104 Å². The fraction of sp³-hybridized carbons (Fsp3) is 0.696. The predicted octanol–water partition coefficient (Wildman–Crippen LogP) is 3.40. The molecule has 0 radical (unpaired) electrons. The number of rotatable bonds is 12. The Bertz CT molecular complexity index is 754. The highest BCUT2D eigenvalue weighted by molar-refractivity contribution is 5.80. The number of halogens is 1. The maximum absolute atomic E-state index is 13.0. The predicted molar refractivity (Wildman–Crippen MR) is 122 cm³/mol. The lowest BCUT2D eigenvalue weighted by Crippen LogP contribution is -2.45. The average molecular weight is 453 g/mol. The summed E-state index contributed by atoms with van der Waals surface area (Å²) in [6.07, 6.45) is 4.20. The molecule has 1 aliphatic heterocycles. The number of alkyl halides is 1. The van der Waals surface area contributed by atoms with Crippen molar-refractivity contribution in [2.45, 2.75) is 70.9 Å². The third kappa shape index (κ3) is 9.38. The van der Waals surface area contributed by atoms with Crippen molar-refractivity contribution in [1.82, 2.24) is 15.2 Å². The van der Waals surface area contributed by atoms with Crippen molar-refractivity contribution < 1.29 is 23.8 Å². The van der Waals surface area contributed by atoms with Crippen LogP contribution in [0.3, 0.4) is 0 Å². The van der Waals surface area contributed by atoms with Crippen LogP contribution in [0.2, 0.25) is 0 Å². The molecule has 0 saturated heterocycles. The number of hydrogen-bond donors (Lipinski definition) is 3. The number of anilines is 1. The van der Waals surface area contributed by atoms with Crippen molar-refractivity contribution in [3.63, 3.8) is 0 Å². The summed E-state index contributed by atoms with van der Waals surface area (Å²) in [5, 5.41) is 15.1. The van der Waals surface area contributed by atoms with Crippen LogP contribution in [0.5, 0.6) is 0 Å². The molecule has 8 nitrogen and oxygen atoms in total. The number of aryl methyl sites for hydroxylation is 2. The summed E-state index contributed by atoms with van der Waals surface area (Å²) in [5.74, 6) is -0.145. The van der Waals surface area contributed by atoms with Gasteiger partial charge in [-0.1, -0.05) is 6.07 Å². The molecule has 1 atom stereocenters. The van der Waals surface area contributed by atoms with E-state index in [9.17, 15) is 19.1 Å². The van der Waals surface area contributed by atoms with Gasteiger partial charge in [0.15, 0.2) is 0 Å². The highest BCUT2D eigenvalue weighted by Crippen LogP contribution is 2.20. The van der Waals surface area contributed by atoms with Gasteiger partial charge in [0.1, 0.15) is 24.1 Å². The van der Waals surface area contributed by atoms with Crippen molar-refractivity contribution in [1.29, 1.82) is 0 Å². The second-order valence-corrected chi connectivity index (χ2v) is 9.15. The zero-order chi connectivity index (χ0) is 23.6. The quantitative estimate of drug-likeness (QED) is 0.418. The first-order valence-electron chi connectivity index (χ1n) is 11.4. The summed E-state index contributed by atoms with van der Waals surface area (Å²) in [6.45, 7) is 6.85. The number of nitrogens with zero attached hydrogens (tertiary/aromatic N) is 2. The Morgan fingerprint density at radius 2 is 2.06 bits per heavy atom. The van der Waals surface area contributed by atoms with Crippen molar-refractivity contribution in [2.24, 2.45) is 0 Å². The van der Waals surface area contributed by atoms with Gasteiger partial charge in [0.2, 0.25) is 0 Å². The summed E-state index contributed by atoms with van der Waals surface area (Å²) < 4.78 is 18.1. The summed E-state index contributed by atoms with van der Waals surface area (Å²) in [4.78, 5) is 30.0. The maximum Gasteiger partial charge on any atom is 0.408 e. The number of amides is 1. The monoisotopic (exact) mass is 452 g/mol. The number of carboxylic acids is 1. The third-order valence-electron chi connectivity index (χ3n) is 5.23. The van der Waals surface area contributed by atoms with Crippen LogP contribution in [-0.4, -0.2) is 71.5 Å². The molecule has 0 fully saturated rings. The van der Waals surface area contributed by atoms with Crippen LogP contribution in [0.15, 0.2) is 12.1 Å². The standard InChI is InChI=1S/C23H37FN4O4/c1-23(2,3)32-22(31)27-19(21(29)30)11-15-28(16-12-24)14-5-4-8-18-10-9-17-7-6-13-25-20(17)26-18/h9-10,19H,4-8,11-16H2,1-3H3,(H,25,26)(H,27,31)(H,29,30)/t19-/m0/s1. The Labute approximate surface area is 189 Å². The number of fused-ring (bicyclic) bond motifs is 1. The van der Waals surface area contributed by atoms with Crippen LogP contribution >= 0.6 is 0 Å². The number of aromatic nitrogens is 1. The molecule has 1 aromatic heterocycles. The summed E-state index contributed by atoms with van der Waals surface area (Å²) >= 11 is 0. The summed E-state index contributed by atoms with van der Waals surface area (Å²) in [6, 6.07) is 3.13. The van der Waals surface area contributed by atoms with E-state index < -0.39 is 30.4 Å². The molecular formula is C23H37FN4O4. The number of carboxylic acid groups (broad SMARTS) is 1. The van der Waals surface area contributed by atoms with Gasteiger partial charge in [0.25, 0.3) is 0 Å². The Morgan fingerprint density at radius 1 is 1.28 bits per heavy atom. The van der Waals surface area contributed by atoms with E-state index >= 15 is 0 Å². The van der Waals surface area contributed by atoms with Gasteiger partial charge in [-0.3, -0.25) is 0 Å². The molecule has 2 rings (SSSR count). The van der Waals surface area contributed by atoms with E-state index in [1.54, 1.807) is 20.8 Å². The Balaban J connectivity index is 1.77. The zero-order valence-electron chi connectivity index (χ0n) is 19.5. The minimum absolute atomic E-state index is 0.173. The molecular weight excluding hydrogens is 415 g/mol. The van der Waals surface area contributed by atoms with E-state index in [4.69, 9.17) is 9.72 Å². The fourth-order valence-electron chi connectivity index (χ4n) is 3.62. The Kier molecular flexibility index (Phi) is 10.2. The molecule has 1 aliphatic rings. The van der Waals surface area contributed by atoms with Crippen LogP contribution in [0.25, 0.3) is 0 Å². The van der Waals surface area contributed by atoms with Crippen molar-refractivity contribution in [2.75, 3.05) is 38.2 Å². The van der Waals surface area contributed by atoms with Crippen LogP contribution in [0.4, 0.5) is 15.0 Å². The first-order chi connectivity index (χ1) is 15.2. The van der Waals surface area contributed by atoms with Crippen LogP contribution < -0.4 is 10.6 Å². The zero-order valence-corrected chi connectivity index (χ0v) is 19.5. The normalized spacial score (nSPS) is 14.4.